The summed E-state index contributed by atoms with van der Waals surface area (Å²) in [5.41, 5.74) is -0.0115. The molecule has 0 spiro atoms. The van der Waals surface area contributed by atoms with Crippen molar-refractivity contribution < 1.29 is 23.9 Å². The van der Waals surface area contributed by atoms with Crippen LogP contribution in [-0.2, 0) is 16.1 Å². The molecule has 8 nitrogen and oxygen atoms in total. The second-order valence-electron chi connectivity index (χ2n) is 6.89. The van der Waals surface area contributed by atoms with Gasteiger partial charge in [0.15, 0.2) is 0 Å². The highest BCUT2D eigenvalue weighted by molar-refractivity contribution is 5.69. The highest BCUT2D eigenvalue weighted by Crippen LogP contribution is 2.29. The second kappa shape index (κ2) is 8.26. The molecule has 2 aromatic rings. The van der Waals surface area contributed by atoms with Gasteiger partial charge in [0.25, 0.3) is 5.69 Å². The Labute approximate surface area is 162 Å². The number of nitro benzene ring substituents is 1. The minimum Gasteiger partial charge on any atom is -0.491 e. The van der Waals surface area contributed by atoms with Crippen LogP contribution in [0.4, 0.5) is 10.5 Å². The molecule has 0 radical (unpaired) electrons. The van der Waals surface area contributed by atoms with Crippen molar-refractivity contribution in [2.45, 2.75) is 32.2 Å². The molecule has 0 aromatic heterocycles. The van der Waals surface area contributed by atoms with Gasteiger partial charge in [-0.05, 0) is 25.5 Å². The van der Waals surface area contributed by atoms with Crippen LogP contribution in [0, 0.1) is 10.1 Å². The molecule has 8 heteroatoms. The smallest absolute Gasteiger partial charge is 0.412 e. The number of benzene rings is 2. The second-order valence-corrected chi connectivity index (χ2v) is 6.89. The largest absolute Gasteiger partial charge is 0.491 e. The maximum Gasteiger partial charge on any atom is 0.412 e. The SMILES string of the molecule is CC1(C)OC[C@H](COc2cccc([N+](=O)[O-])c2)N1C(=O)OCc1ccccc1. The fraction of sp³-hybridized carbons (Fsp3) is 0.350. The van der Waals surface area contributed by atoms with Crippen molar-refractivity contribution in [3.05, 3.63) is 70.3 Å². The first-order chi connectivity index (χ1) is 13.4. The molecule has 28 heavy (non-hydrogen) atoms. The molecule has 0 aliphatic carbocycles. The van der Waals surface area contributed by atoms with Crippen molar-refractivity contribution in [3.63, 3.8) is 0 Å². The molecule has 0 N–H and O–H groups in total. The van der Waals surface area contributed by atoms with E-state index in [0.29, 0.717) is 5.75 Å². The van der Waals surface area contributed by atoms with Crippen molar-refractivity contribution in [1.82, 2.24) is 4.90 Å². The molecule has 1 saturated heterocycles. The van der Waals surface area contributed by atoms with Crippen molar-refractivity contribution in [2.75, 3.05) is 13.2 Å². The summed E-state index contributed by atoms with van der Waals surface area (Å²) in [6.07, 6.45) is -0.501. The van der Waals surface area contributed by atoms with Gasteiger partial charge in [0.05, 0.1) is 23.6 Å². The molecule has 1 fully saturated rings. The van der Waals surface area contributed by atoms with E-state index in [4.69, 9.17) is 14.2 Å². The highest BCUT2D eigenvalue weighted by atomic mass is 16.6. The summed E-state index contributed by atoms with van der Waals surface area (Å²) >= 11 is 0. The Balaban J connectivity index is 1.64. The summed E-state index contributed by atoms with van der Waals surface area (Å²) < 4.78 is 16.9. The topological polar surface area (TPSA) is 91.1 Å². The number of amides is 1. The molecule has 1 atom stereocenters. The summed E-state index contributed by atoms with van der Waals surface area (Å²) in [7, 11) is 0. The Morgan fingerprint density at radius 1 is 1.25 bits per heavy atom. The maximum atomic E-state index is 12.7. The molecule has 1 amide bonds. The van der Waals surface area contributed by atoms with Gasteiger partial charge in [-0.2, -0.15) is 0 Å². The summed E-state index contributed by atoms with van der Waals surface area (Å²) in [6.45, 7) is 4.13. The van der Waals surface area contributed by atoms with Crippen LogP contribution in [0.5, 0.6) is 5.75 Å². The first-order valence-corrected chi connectivity index (χ1v) is 8.88. The molecule has 0 unspecified atom stereocenters. The molecule has 1 heterocycles. The number of nitrogens with zero attached hydrogens (tertiary/aromatic N) is 2. The van der Waals surface area contributed by atoms with Gasteiger partial charge in [0.2, 0.25) is 0 Å². The van der Waals surface area contributed by atoms with E-state index >= 15 is 0 Å². The Morgan fingerprint density at radius 3 is 2.71 bits per heavy atom. The molecule has 0 bridgehead atoms. The highest BCUT2D eigenvalue weighted by Gasteiger charge is 2.45. The lowest BCUT2D eigenvalue weighted by molar-refractivity contribution is -0.384. The van der Waals surface area contributed by atoms with Gasteiger partial charge in [-0.1, -0.05) is 36.4 Å². The van der Waals surface area contributed by atoms with Gasteiger partial charge in [0.1, 0.15) is 24.7 Å². The number of carbonyl (C=O) groups is 1. The van der Waals surface area contributed by atoms with E-state index in [0.717, 1.165) is 5.56 Å². The zero-order chi connectivity index (χ0) is 20.1. The van der Waals surface area contributed by atoms with Crippen LogP contribution in [-0.4, -0.2) is 40.9 Å². The van der Waals surface area contributed by atoms with E-state index in [1.165, 1.54) is 17.0 Å². The Morgan fingerprint density at radius 2 is 2.00 bits per heavy atom. The van der Waals surface area contributed by atoms with E-state index in [1.54, 1.807) is 26.0 Å². The van der Waals surface area contributed by atoms with Gasteiger partial charge in [-0.3, -0.25) is 15.0 Å². The van der Waals surface area contributed by atoms with Crippen LogP contribution >= 0.6 is 0 Å². The minimum atomic E-state index is -0.843. The van der Waals surface area contributed by atoms with Crippen LogP contribution in [0.1, 0.15) is 19.4 Å². The number of non-ortho nitro benzene ring substituents is 1. The lowest BCUT2D eigenvalue weighted by Gasteiger charge is -2.32. The van der Waals surface area contributed by atoms with E-state index < -0.39 is 16.7 Å². The van der Waals surface area contributed by atoms with Crippen LogP contribution < -0.4 is 4.74 Å². The molecular formula is C20H22N2O6. The minimum absolute atomic E-state index is 0.0559. The lowest BCUT2D eigenvalue weighted by atomic mass is 10.2. The van der Waals surface area contributed by atoms with Crippen molar-refractivity contribution in [1.29, 1.82) is 0 Å². The monoisotopic (exact) mass is 386 g/mol. The number of rotatable bonds is 6. The van der Waals surface area contributed by atoms with Gasteiger partial charge < -0.3 is 14.2 Å². The van der Waals surface area contributed by atoms with Crippen LogP contribution in [0.3, 0.4) is 0 Å². The summed E-state index contributed by atoms with van der Waals surface area (Å²) in [5.74, 6) is 0.358. The average Bonchev–Trinajstić information content (AvgIpc) is 3.00. The number of nitro groups is 1. The van der Waals surface area contributed by atoms with E-state index in [9.17, 15) is 14.9 Å². The number of carbonyl (C=O) groups excluding carboxylic acids is 1. The Hall–Kier alpha value is -3.13. The predicted octanol–water partition coefficient (Wildman–Crippen LogP) is 3.75. The average molecular weight is 386 g/mol. The molecule has 1 aliphatic heterocycles. The third-order valence-corrected chi connectivity index (χ3v) is 4.45. The number of hydrogen-bond donors (Lipinski definition) is 0. The van der Waals surface area contributed by atoms with Gasteiger partial charge in [-0.15, -0.1) is 0 Å². The Kier molecular flexibility index (Phi) is 5.79. The van der Waals surface area contributed by atoms with Gasteiger partial charge >= 0.3 is 6.09 Å². The van der Waals surface area contributed by atoms with Crippen LogP contribution in [0.2, 0.25) is 0 Å². The standard InChI is InChI=1S/C20H22N2O6/c1-20(2)21(19(23)27-12-15-7-4-3-5-8-15)17(14-28-20)13-26-18-10-6-9-16(11-18)22(24)25/h3-11,17H,12-14H2,1-2H3/t17-/m0/s1. The van der Waals surface area contributed by atoms with Crippen LogP contribution in [0.25, 0.3) is 0 Å². The summed E-state index contributed by atoms with van der Waals surface area (Å²) in [5, 5.41) is 10.9. The fourth-order valence-corrected chi connectivity index (χ4v) is 3.04. The lowest BCUT2D eigenvalue weighted by Crippen LogP contribution is -2.49. The van der Waals surface area contributed by atoms with E-state index in [-0.39, 0.29) is 31.5 Å². The van der Waals surface area contributed by atoms with Crippen molar-refractivity contribution in [2.24, 2.45) is 0 Å². The summed E-state index contributed by atoms with van der Waals surface area (Å²) in [6, 6.07) is 14.9. The van der Waals surface area contributed by atoms with Gasteiger partial charge in [0, 0.05) is 6.07 Å². The van der Waals surface area contributed by atoms with Crippen molar-refractivity contribution in [3.8, 4) is 5.75 Å². The quantitative estimate of drug-likeness (QED) is 0.555. The molecule has 2 aromatic carbocycles. The van der Waals surface area contributed by atoms with E-state index in [2.05, 4.69) is 0 Å². The zero-order valence-corrected chi connectivity index (χ0v) is 15.7. The molecule has 1 aliphatic rings. The first kappa shape index (κ1) is 19.6. The summed E-state index contributed by atoms with van der Waals surface area (Å²) in [4.78, 5) is 24.6. The third-order valence-electron chi connectivity index (χ3n) is 4.45. The van der Waals surface area contributed by atoms with E-state index in [1.807, 2.05) is 30.3 Å². The van der Waals surface area contributed by atoms with Gasteiger partial charge in [-0.25, -0.2) is 4.79 Å². The normalized spacial score (nSPS) is 17.9. The molecule has 148 valence electrons. The Bertz CT molecular complexity index is 840. The zero-order valence-electron chi connectivity index (χ0n) is 15.7. The number of ether oxygens (including phenoxy) is 3. The molecule has 3 rings (SSSR count). The molecular weight excluding hydrogens is 364 g/mol. The molecule has 0 saturated carbocycles. The fourth-order valence-electron chi connectivity index (χ4n) is 3.04. The van der Waals surface area contributed by atoms with Crippen molar-refractivity contribution >= 4 is 11.8 Å². The van der Waals surface area contributed by atoms with Crippen LogP contribution in [0.15, 0.2) is 54.6 Å². The third kappa shape index (κ3) is 4.58. The first-order valence-electron chi connectivity index (χ1n) is 8.88. The maximum absolute atomic E-state index is 12.7. The predicted molar refractivity (Wildman–Crippen MR) is 101 cm³/mol. The number of hydrogen-bond acceptors (Lipinski definition) is 6.